The minimum atomic E-state index is -0.716. The lowest BCUT2D eigenvalue weighted by atomic mass is 9.70. The number of rotatable bonds is 4. The molecule has 4 heteroatoms. The van der Waals surface area contributed by atoms with Crippen molar-refractivity contribution in [1.29, 1.82) is 0 Å². The summed E-state index contributed by atoms with van der Waals surface area (Å²) in [6.45, 7) is 5.48. The van der Waals surface area contributed by atoms with E-state index in [-0.39, 0.29) is 23.7 Å². The van der Waals surface area contributed by atoms with Crippen molar-refractivity contribution in [2.75, 3.05) is 0 Å². The lowest BCUT2D eigenvalue weighted by Gasteiger charge is -2.34. The van der Waals surface area contributed by atoms with E-state index in [9.17, 15) is 14.7 Å². The van der Waals surface area contributed by atoms with Crippen molar-refractivity contribution in [2.24, 2.45) is 17.8 Å². The summed E-state index contributed by atoms with van der Waals surface area (Å²) >= 11 is 0. The van der Waals surface area contributed by atoms with Gasteiger partial charge in [-0.3, -0.25) is 9.59 Å². The molecule has 2 rings (SSSR count). The fourth-order valence-corrected chi connectivity index (χ4v) is 3.31. The van der Waals surface area contributed by atoms with Crippen LogP contribution in [0.15, 0.2) is 30.3 Å². The molecule has 0 fully saturated rings. The van der Waals surface area contributed by atoms with E-state index < -0.39 is 5.97 Å². The van der Waals surface area contributed by atoms with Gasteiger partial charge in [-0.1, -0.05) is 32.1 Å². The molecular formula is C18H22O4. The van der Waals surface area contributed by atoms with Crippen LogP contribution in [0.1, 0.15) is 39.2 Å². The number of aliphatic carboxylic acids is 1. The van der Waals surface area contributed by atoms with E-state index in [0.29, 0.717) is 12.2 Å². The Bertz CT molecular complexity index is 586. The van der Waals surface area contributed by atoms with Crippen LogP contribution in [-0.2, 0) is 9.59 Å². The van der Waals surface area contributed by atoms with Crippen LogP contribution in [0.25, 0.3) is 5.57 Å². The fourth-order valence-electron chi connectivity index (χ4n) is 3.31. The highest BCUT2D eigenvalue weighted by atomic mass is 16.5. The molecule has 0 saturated carbocycles. The third-order valence-electron chi connectivity index (χ3n) is 4.47. The molecule has 0 bridgehead atoms. The standard InChI is InChI=1S/C18H22O4/c1-4-15-11(2)16(18(20)21)9-10-17(15)13-5-7-14(8-6-13)22-12(3)19/h5-8,10-11,15-16H,4,9H2,1-3H3,(H,20,21). The second-order valence-electron chi connectivity index (χ2n) is 5.83. The van der Waals surface area contributed by atoms with E-state index in [2.05, 4.69) is 6.92 Å². The largest absolute Gasteiger partial charge is 0.481 e. The number of allylic oxidation sites excluding steroid dienone is 2. The summed E-state index contributed by atoms with van der Waals surface area (Å²) in [6, 6.07) is 7.41. The molecule has 0 saturated heterocycles. The lowest BCUT2D eigenvalue weighted by molar-refractivity contribution is -0.144. The van der Waals surface area contributed by atoms with Crippen molar-refractivity contribution in [3.05, 3.63) is 35.9 Å². The van der Waals surface area contributed by atoms with Crippen molar-refractivity contribution in [1.82, 2.24) is 0 Å². The Labute approximate surface area is 130 Å². The Kier molecular flexibility index (Phi) is 5.01. The van der Waals surface area contributed by atoms with Crippen molar-refractivity contribution in [3.63, 3.8) is 0 Å². The maximum atomic E-state index is 11.3. The Balaban J connectivity index is 2.26. The van der Waals surface area contributed by atoms with E-state index in [1.807, 2.05) is 25.1 Å². The van der Waals surface area contributed by atoms with Gasteiger partial charge < -0.3 is 9.84 Å². The van der Waals surface area contributed by atoms with Crippen LogP contribution in [0.2, 0.25) is 0 Å². The number of carbonyl (C=O) groups is 2. The lowest BCUT2D eigenvalue weighted by Crippen LogP contribution is -2.30. The summed E-state index contributed by atoms with van der Waals surface area (Å²) in [5, 5.41) is 9.32. The first kappa shape index (κ1) is 16.3. The molecule has 0 aliphatic heterocycles. The summed E-state index contributed by atoms with van der Waals surface area (Å²) < 4.78 is 5.04. The number of hydrogen-bond acceptors (Lipinski definition) is 3. The Hall–Kier alpha value is -2.10. The summed E-state index contributed by atoms with van der Waals surface area (Å²) in [4.78, 5) is 22.3. The second-order valence-corrected chi connectivity index (χ2v) is 5.83. The van der Waals surface area contributed by atoms with E-state index in [0.717, 1.165) is 12.0 Å². The van der Waals surface area contributed by atoms with Crippen LogP contribution in [0.4, 0.5) is 0 Å². The van der Waals surface area contributed by atoms with Gasteiger partial charge in [0, 0.05) is 6.92 Å². The normalized spacial score (nSPS) is 24.5. The highest BCUT2D eigenvalue weighted by Gasteiger charge is 2.35. The van der Waals surface area contributed by atoms with Crippen molar-refractivity contribution >= 4 is 17.5 Å². The minimum Gasteiger partial charge on any atom is -0.481 e. The van der Waals surface area contributed by atoms with Gasteiger partial charge in [0.25, 0.3) is 0 Å². The molecular weight excluding hydrogens is 280 g/mol. The van der Waals surface area contributed by atoms with Gasteiger partial charge >= 0.3 is 11.9 Å². The average molecular weight is 302 g/mol. The van der Waals surface area contributed by atoms with Crippen molar-refractivity contribution in [2.45, 2.75) is 33.6 Å². The third-order valence-corrected chi connectivity index (χ3v) is 4.47. The minimum absolute atomic E-state index is 0.107. The van der Waals surface area contributed by atoms with E-state index >= 15 is 0 Å². The predicted molar refractivity (Wildman–Crippen MR) is 84.4 cm³/mol. The Morgan fingerprint density at radius 3 is 2.41 bits per heavy atom. The van der Waals surface area contributed by atoms with Crippen LogP contribution in [-0.4, -0.2) is 17.0 Å². The van der Waals surface area contributed by atoms with Gasteiger partial charge in [0.05, 0.1) is 5.92 Å². The molecule has 0 radical (unpaired) electrons. The molecule has 1 aliphatic rings. The zero-order chi connectivity index (χ0) is 16.3. The molecule has 3 unspecified atom stereocenters. The Morgan fingerprint density at radius 2 is 1.91 bits per heavy atom. The van der Waals surface area contributed by atoms with Gasteiger partial charge in [-0.15, -0.1) is 0 Å². The van der Waals surface area contributed by atoms with E-state index in [1.54, 1.807) is 12.1 Å². The number of hydrogen-bond donors (Lipinski definition) is 1. The van der Waals surface area contributed by atoms with Crippen LogP contribution in [0, 0.1) is 17.8 Å². The van der Waals surface area contributed by atoms with Gasteiger partial charge in [0.1, 0.15) is 5.75 Å². The smallest absolute Gasteiger partial charge is 0.308 e. The summed E-state index contributed by atoms with van der Waals surface area (Å²) in [7, 11) is 0. The topological polar surface area (TPSA) is 63.6 Å². The van der Waals surface area contributed by atoms with Gasteiger partial charge in [0.2, 0.25) is 0 Å². The van der Waals surface area contributed by atoms with E-state index in [4.69, 9.17) is 4.74 Å². The van der Waals surface area contributed by atoms with Gasteiger partial charge in [-0.25, -0.2) is 0 Å². The Morgan fingerprint density at radius 1 is 1.27 bits per heavy atom. The molecule has 4 nitrogen and oxygen atoms in total. The van der Waals surface area contributed by atoms with Crippen LogP contribution >= 0.6 is 0 Å². The van der Waals surface area contributed by atoms with Crippen molar-refractivity contribution < 1.29 is 19.4 Å². The number of carbonyl (C=O) groups excluding carboxylic acids is 1. The number of esters is 1. The number of carboxylic acid groups (broad SMARTS) is 1. The van der Waals surface area contributed by atoms with Crippen LogP contribution in [0.3, 0.4) is 0 Å². The predicted octanol–water partition coefficient (Wildman–Crippen LogP) is 3.76. The van der Waals surface area contributed by atoms with Gasteiger partial charge in [-0.05, 0) is 47.9 Å². The number of ether oxygens (including phenoxy) is 1. The molecule has 0 spiro atoms. The molecule has 22 heavy (non-hydrogen) atoms. The van der Waals surface area contributed by atoms with Gasteiger partial charge in [0.15, 0.2) is 0 Å². The maximum Gasteiger partial charge on any atom is 0.308 e. The zero-order valence-electron chi connectivity index (χ0n) is 13.2. The average Bonchev–Trinajstić information content (AvgIpc) is 2.46. The fraction of sp³-hybridized carbons (Fsp3) is 0.444. The number of benzene rings is 1. The molecule has 0 heterocycles. The zero-order valence-corrected chi connectivity index (χ0v) is 13.2. The molecule has 0 amide bonds. The third kappa shape index (κ3) is 3.38. The first-order chi connectivity index (χ1) is 10.4. The summed E-state index contributed by atoms with van der Waals surface area (Å²) in [5.41, 5.74) is 2.26. The summed E-state index contributed by atoms with van der Waals surface area (Å²) in [6.07, 6.45) is 3.52. The summed E-state index contributed by atoms with van der Waals surface area (Å²) in [5.74, 6) is -0.503. The highest BCUT2D eigenvalue weighted by molar-refractivity contribution is 5.76. The maximum absolute atomic E-state index is 11.3. The molecule has 3 atom stereocenters. The second kappa shape index (κ2) is 6.77. The quantitative estimate of drug-likeness (QED) is 0.679. The molecule has 1 aromatic rings. The van der Waals surface area contributed by atoms with E-state index in [1.165, 1.54) is 12.5 Å². The molecule has 0 aromatic heterocycles. The first-order valence-corrected chi connectivity index (χ1v) is 7.65. The highest BCUT2D eigenvalue weighted by Crippen LogP contribution is 2.41. The SMILES string of the molecule is CCC1C(c2ccc(OC(C)=O)cc2)=CCC(C(=O)O)C1C. The molecule has 1 aromatic carbocycles. The first-order valence-electron chi connectivity index (χ1n) is 7.65. The number of carboxylic acids is 1. The molecule has 118 valence electrons. The van der Waals surface area contributed by atoms with Crippen LogP contribution in [0.5, 0.6) is 5.75 Å². The van der Waals surface area contributed by atoms with Crippen molar-refractivity contribution in [3.8, 4) is 5.75 Å². The van der Waals surface area contributed by atoms with Gasteiger partial charge in [-0.2, -0.15) is 0 Å². The molecule has 1 N–H and O–H groups in total. The monoisotopic (exact) mass is 302 g/mol. The van der Waals surface area contributed by atoms with Crippen LogP contribution < -0.4 is 4.74 Å². The molecule has 1 aliphatic carbocycles.